The highest BCUT2D eigenvalue weighted by Gasteiger charge is 2.29. The van der Waals surface area contributed by atoms with Crippen molar-refractivity contribution in [2.45, 2.75) is 46.1 Å². The lowest BCUT2D eigenvalue weighted by molar-refractivity contribution is -0.140. The third-order valence-electron chi connectivity index (χ3n) is 4.03. The fourth-order valence-corrected chi connectivity index (χ4v) is 3.49. The summed E-state index contributed by atoms with van der Waals surface area (Å²) in [4.78, 5) is 32.6. The molecule has 0 aromatic carbocycles. The zero-order valence-corrected chi connectivity index (χ0v) is 14.5. The van der Waals surface area contributed by atoms with E-state index in [9.17, 15) is 9.59 Å². The number of carbonyl (C=O) groups is 2. The van der Waals surface area contributed by atoms with E-state index in [0.29, 0.717) is 19.5 Å². The summed E-state index contributed by atoms with van der Waals surface area (Å²) in [6, 6.07) is 0. The van der Waals surface area contributed by atoms with Gasteiger partial charge in [-0.25, -0.2) is 4.98 Å². The highest BCUT2D eigenvalue weighted by atomic mass is 32.1. The summed E-state index contributed by atoms with van der Waals surface area (Å²) in [7, 11) is 1.82. The molecule has 0 saturated carbocycles. The van der Waals surface area contributed by atoms with E-state index in [2.05, 4.69) is 4.98 Å². The molecular weight excluding hydrogens is 298 g/mol. The molecule has 2 heterocycles. The Morgan fingerprint density at radius 2 is 2.27 bits per heavy atom. The fraction of sp³-hybridized carbons (Fsp3) is 0.688. The lowest BCUT2D eigenvalue weighted by Gasteiger charge is -2.34. The lowest BCUT2D eigenvalue weighted by atomic mass is 9.96. The zero-order chi connectivity index (χ0) is 16.1. The van der Waals surface area contributed by atoms with Gasteiger partial charge in [-0.3, -0.25) is 9.59 Å². The van der Waals surface area contributed by atoms with E-state index in [0.717, 1.165) is 36.5 Å². The van der Waals surface area contributed by atoms with E-state index in [1.54, 1.807) is 16.2 Å². The topological polar surface area (TPSA) is 53.5 Å². The van der Waals surface area contributed by atoms with Gasteiger partial charge in [0.25, 0.3) is 0 Å². The van der Waals surface area contributed by atoms with Crippen molar-refractivity contribution >= 4 is 23.2 Å². The predicted molar refractivity (Wildman–Crippen MR) is 87.5 cm³/mol. The van der Waals surface area contributed by atoms with Crippen LogP contribution in [0.3, 0.4) is 0 Å². The molecule has 1 unspecified atom stereocenters. The van der Waals surface area contributed by atoms with Crippen LogP contribution in [0.25, 0.3) is 0 Å². The number of hydrogen-bond donors (Lipinski definition) is 0. The quantitative estimate of drug-likeness (QED) is 0.836. The molecule has 22 heavy (non-hydrogen) atoms. The van der Waals surface area contributed by atoms with Crippen LogP contribution in [0.4, 0.5) is 0 Å². The molecule has 1 fully saturated rings. The number of amides is 2. The van der Waals surface area contributed by atoms with E-state index in [1.807, 2.05) is 31.2 Å². The standard InChI is InChI=1S/C16H25N3O2S/c1-4-6-15(20)19-8-5-7-13(9-19)16(21)18(3)10-14-11-22-12(2)17-14/h11,13H,4-10H2,1-3H3. The van der Waals surface area contributed by atoms with Gasteiger partial charge in [-0.1, -0.05) is 6.92 Å². The fourth-order valence-electron chi connectivity index (χ4n) is 2.89. The molecule has 5 nitrogen and oxygen atoms in total. The summed E-state index contributed by atoms with van der Waals surface area (Å²) in [6.07, 6.45) is 3.22. The van der Waals surface area contributed by atoms with Gasteiger partial charge in [0.15, 0.2) is 0 Å². The molecule has 0 radical (unpaired) electrons. The van der Waals surface area contributed by atoms with Gasteiger partial charge < -0.3 is 9.80 Å². The minimum Gasteiger partial charge on any atom is -0.342 e. The SMILES string of the molecule is CCCC(=O)N1CCCC(C(=O)N(C)Cc2csc(C)n2)C1. The smallest absolute Gasteiger partial charge is 0.227 e. The highest BCUT2D eigenvalue weighted by Crippen LogP contribution is 2.20. The summed E-state index contributed by atoms with van der Waals surface area (Å²) in [5.41, 5.74) is 0.938. The Balaban J connectivity index is 1.91. The molecule has 2 rings (SSSR count). The summed E-state index contributed by atoms with van der Waals surface area (Å²) in [5, 5.41) is 3.02. The minimum absolute atomic E-state index is 0.0701. The Hall–Kier alpha value is -1.43. The van der Waals surface area contributed by atoms with Crippen molar-refractivity contribution in [2.75, 3.05) is 20.1 Å². The van der Waals surface area contributed by atoms with Crippen LogP contribution in [0, 0.1) is 12.8 Å². The van der Waals surface area contributed by atoms with Crippen LogP contribution in [0.5, 0.6) is 0 Å². The zero-order valence-electron chi connectivity index (χ0n) is 13.7. The molecule has 1 aromatic heterocycles. The number of aromatic nitrogens is 1. The first-order valence-electron chi connectivity index (χ1n) is 7.95. The average Bonchev–Trinajstić information content (AvgIpc) is 2.92. The van der Waals surface area contributed by atoms with Gasteiger partial charge >= 0.3 is 0 Å². The minimum atomic E-state index is -0.0701. The monoisotopic (exact) mass is 323 g/mol. The number of hydrogen-bond acceptors (Lipinski definition) is 4. The number of likely N-dealkylation sites (tertiary alicyclic amines) is 1. The van der Waals surface area contributed by atoms with Crippen LogP contribution in [-0.2, 0) is 16.1 Å². The largest absolute Gasteiger partial charge is 0.342 e. The average molecular weight is 323 g/mol. The Morgan fingerprint density at radius 1 is 1.50 bits per heavy atom. The van der Waals surface area contributed by atoms with Crippen molar-refractivity contribution in [1.29, 1.82) is 0 Å². The van der Waals surface area contributed by atoms with Crippen molar-refractivity contribution in [3.05, 3.63) is 16.1 Å². The van der Waals surface area contributed by atoms with E-state index in [4.69, 9.17) is 0 Å². The third-order valence-corrected chi connectivity index (χ3v) is 4.85. The number of aryl methyl sites for hydroxylation is 1. The van der Waals surface area contributed by atoms with E-state index in [-0.39, 0.29) is 17.7 Å². The van der Waals surface area contributed by atoms with Crippen LogP contribution in [0.15, 0.2) is 5.38 Å². The second-order valence-corrected chi connectivity index (χ2v) is 7.04. The normalized spacial score (nSPS) is 18.3. The highest BCUT2D eigenvalue weighted by molar-refractivity contribution is 7.09. The number of piperidine rings is 1. The van der Waals surface area contributed by atoms with Gasteiger partial charge in [-0.2, -0.15) is 0 Å². The molecule has 0 spiro atoms. The Morgan fingerprint density at radius 3 is 2.91 bits per heavy atom. The first kappa shape index (κ1) is 16.9. The number of nitrogens with zero attached hydrogens (tertiary/aromatic N) is 3. The van der Waals surface area contributed by atoms with Gasteiger partial charge in [0.1, 0.15) is 0 Å². The van der Waals surface area contributed by atoms with Crippen molar-refractivity contribution < 1.29 is 9.59 Å². The Labute approximate surface area is 136 Å². The van der Waals surface area contributed by atoms with Crippen molar-refractivity contribution in [3.8, 4) is 0 Å². The molecule has 122 valence electrons. The number of carbonyl (C=O) groups excluding carboxylic acids is 2. The lowest BCUT2D eigenvalue weighted by Crippen LogP contribution is -2.45. The Bertz CT molecular complexity index is 529. The first-order valence-corrected chi connectivity index (χ1v) is 8.83. The molecule has 1 aliphatic rings. The first-order chi connectivity index (χ1) is 10.5. The maximum absolute atomic E-state index is 12.6. The molecule has 2 amide bonds. The Kier molecular flexibility index (Phi) is 5.94. The van der Waals surface area contributed by atoms with Crippen LogP contribution >= 0.6 is 11.3 Å². The van der Waals surface area contributed by atoms with Crippen molar-refractivity contribution in [2.24, 2.45) is 5.92 Å². The molecule has 1 aliphatic heterocycles. The van der Waals surface area contributed by atoms with Crippen LogP contribution in [0.2, 0.25) is 0 Å². The molecule has 1 atom stereocenters. The van der Waals surface area contributed by atoms with Gasteiger partial charge in [-0.15, -0.1) is 11.3 Å². The van der Waals surface area contributed by atoms with Crippen molar-refractivity contribution in [1.82, 2.24) is 14.8 Å². The van der Waals surface area contributed by atoms with Gasteiger partial charge in [0.2, 0.25) is 11.8 Å². The maximum Gasteiger partial charge on any atom is 0.227 e. The molecule has 0 aliphatic carbocycles. The molecule has 0 N–H and O–H groups in total. The summed E-state index contributed by atoms with van der Waals surface area (Å²) in [6.45, 7) is 5.88. The summed E-state index contributed by atoms with van der Waals surface area (Å²) >= 11 is 1.60. The van der Waals surface area contributed by atoms with Crippen LogP contribution < -0.4 is 0 Å². The van der Waals surface area contributed by atoms with E-state index < -0.39 is 0 Å². The maximum atomic E-state index is 12.6. The predicted octanol–water partition coefficient (Wildman–Crippen LogP) is 2.45. The second kappa shape index (κ2) is 7.72. The molecule has 1 aromatic rings. The van der Waals surface area contributed by atoms with Gasteiger partial charge in [0.05, 0.1) is 23.2 Å². The van der Waals surface area contributed by atoms with Crippen LogP contribution in [-0.4, -0.2) is 46.7 Å². The molecular formula is C16H25N3O2S. The summed E-state index contributed by atoms with van der Waals surface area (Å²) < 4.78 is 0. The number of thiazole rings is 1. The van der Waals surface area contributed by atoms with Crippen molar-refractivity contribution in [3.63, 3.8) is 0 Å². The van der Waals surface area contributed by atoms with E-state index in [1.165, 1.54) is 0 Å². The molecule has 1 saturated heterocycles. The second-order valence-electron chi connectivity index (χ2n) is 5.98. The number of rotatable bonds is 5. The molecule has 6 heteroatoms. The van der Waals surface area contributed by atoms with Gasteiger partial charge in [-0.05, 0) is 26.2 Å². The van der Waals surface area contributed by atoms with E-state index >= 15 is 0 Å². The van der Waals surface area contributed by atoms with Crippen LogP contribution in [0.1, 0.15) is 43.3 Å². The third kappa shape index (κ3) is 4.29. The molecule has 0 bridgehead atoms. The summed E-state index contributed by atoms with van der Waals surface area (Å²) in [5.74, 6) is 0.233. The van der Waals surface area contributed by atoms with Gasteiger partial charge in [0, 0.05) is 31.9 Å².